The van der Waals surface area contributed by atoms with Crippen LogP contribution in [0.1, 0.15) is 50.5 Å². The van der Waals surface area contributed by atoms with Crippen molar-refractivity contribution in [3.05, 3.63) is 35.9 Å². The van der Waals surface area contributed by atoms with Gasteiger partial charge < -0.3 is 4.90 Å². The predicted molar refractivity (Wildman–Crippen MR) is 117 cm³/mol. The van der Waals surface area contributed by atoms with Gasteiger partial charge in [-0.25, -0.2) is 0 Å². The molecule has 0 spiro atoms. The summed E-state index contributed by atoms with van der Waals surface area (Å²) in [6, 6.07) is 10.7. The Bertz CT molecular complexity index is 699. The lowest BCUT2D eigenvalue weighted by Crippen LogP contribution is -2.55. The molecule has 1 heterocycles. The van der Waals surface area contributed by atoms with E-state index in [2.05, 4.69) is 56.1 Å². The summed E-state index contributed by atoms with van der Waals surface area (Å²) in [4.78, 5) is 17.9. The lowest BCUT2D eigenvalue weighted by molar-refractivity contribution is -0.140. The Morgan fingerprint density at radius 2 is 1.68 bits per heavy atom. The molecular weight excluding hydrogens is 412 g/mol. The van der Waals surface area contributed by atoms with E-state index in [0.29, 0.717) is 15.6 Å². The van der Waals surface area contributed by atoms with Crippen LogP contribution in [0.5, 0.6) is 0 Å². The Balaban J connectivity index is 1.13. The molecule has 0 radical (unpaired) electrons. The normalized spacial score (nSPS) is 37.4. The Labute approximate surface area is 178 Å². The highest BCUT2D eigenvalue weighted by Gasteiger charge is 2.57. The van der Waals surface area contributed by atoms with Crippen LogP contribution in [0.4, 0.5) is 0 Å². The Morgan fingerprint density at radius 3 is 2.32 bits per heavy atom. The predicted octanol–water partition coefficient (Wildman–Crippen LogP) is 4.50. The number of amides is 1. The maximum Gasteiger partial charge on any atom is 0.223 e. The fourth-order valence-electron chi connectivity index (χ4n) is 7.13. The fourth-order valence-corrected chi connectivity index (χ4v) is 8.64. The van der Waals surface area contributed by atoms with E-state index in [4.69, 9.17) is 0 Å². The molecule has 6 rings (SSSR count). The summed E-state index contributed by atoms with van der Waals surface area (Å²) in [5, 5.41) is 0. The number of benzene rings is 1. The average Bonchev–Trinajstić information content (AvgIpc) is 2.65. The van der Waals surface area contributed by atoms with Gasteiger partial charge in [0.1, 0.15) is 0 Å². The van der Waals surface area contributed by atoms with Crippen LogP contribution in [0.25, 0.3) is 0 Å². The SMILES string of the molecule is O=C(CC12CC3CC(CC(Br)(C3)C1)C2)N1CCN(CCc2ccccc2)CC1. The van der Waals surface area contributed by atoms with Gasteiger partial charge in [-0.05, 0) is 67.8 Å². The second-order valence-corrected chi connectivity index (χ2v) is 11.9. The van der Waals surface area contributed by atoms with Crippen LogP contribution < -0.4 is 0 Å². The Hall–Kier alpha value is -0.870. The summed E-state index contributed by atoms with van der Waals surface area (Å²) < 4.78 is 0.355. The number of carbonyl (C=O) groups excluding carboxylic acids is 1. The van der Waals surface area contributed by atoms with Gasteiger partial charge in [0.05, 0.1) is 0 Å². The molecular formula is C24H33BrN2O. The zero-order chi connectivity index (χ0) is 19.2. The molecule has 4 saturated carbocycles. The molecule has 5 aliphatic rings. The molecule has 4 heteroatoms. The van der Waals surface area contributed by atoms with E-state index in [-0.39, 0.29) is 0 Å². The number of alkyl halides is 1. The lowest BCUT2D eigenvalue weighted by atomic mass is 9.48. The molecule has 4 bridgehead atoms. The first-order valence-electron chi connectivity index (χ1n) is 11.2. The number of rotatable bonds is 5. The minimum atomic E-state index is 0.301. The van der Waals surface area contributed by atoms with Crippen molar-refractivity contribution in [2.24, 2.45) is 17.3 Å². The van der Waals surface area contributed by atoms with Crippen molar-refractivity contribution in [3.8, 4) is 0 Å². The largest absolute Gasteiger partial charge is 0.340 e. The number of hydrogen-bond donors (Lipinski definition) is 0. The zero-order valence-corrected chi connectivity index (χ0v) is 18.5. The summed E-state index contributed by atoms with van der Waals surface area (Å²) in [7, 11) is 0. The summed E-state index contributed by atoms with van der Waals surface area (Å²) in [6.45, 7) is 4.98. The molecule has 5 fully saturated rings. The molecule has 1 amide bonds. The molecule has 2 unspecified atom stereocenters. The van der Waals surface area contributed by atoms with Gasteiger partial charge in [0.15, 0.2) is 0 Å². The van der Waals surface area contributed by atoms with E-state index in [1.807, 2.05) is 0 Å². The van der Waals surface area contributed by atoms with Gasteiger partial charge in [-0.15, -0.1) is 0 Å². The number of nitrogens with zero attached hydrogens (tertiary/aromatic N) is 2. The molecule has 0 N–H and O–H groups in total. The summed E-state index contributed by atoms with van der Waals surface area (Å²) in [5.41, 5.74) is 1.71. The third kappa shape index (κ3) is 3.92. The maximum absolute atomic E-state index is 13.2. The van der Waals surface area contributed by atoms with Crippen molar-refractivity contribution in [3.63, 3.8) is 0 Å². The first-order valence-corrected chi connectivity index (χ1v) is 12.0. The zero-order valence-electron chi connectivity index (χ0n) is 16.9. The van der Waals surface area contributed by atoms with E-state index in [9.17, 15) is 4.79 Å². The second-order valence-electron chi connectivity index (χ2n) is 10.2. The topological polar surface area (TPSA) is 23.6 Å². The molecule has 0 aromatic heterocycles. The highest BCUT2D eigenvalue weighted by atomic mass is 79.9. The van der Waals surface area contributed by atoms with Crippen LogP contribution in [0, 0.1) is 17.3 Å². The molecule has 1 aliphatic heterocycles. The van der Waals surface area contributed by atoms with Gasteiger partial charge in [0.2, 0.25) is 5.91 Å². The van der Waals surface area contributed by atoms with Gasteiger partial charge in [-0.2, -0.15) is 0 Å². The first kappa shape index (κ1) is 19.1. The molecule has 1 aromatic carbocycles. The number of halogens is 1. The van der Waals surface area contributed by atoms with Crippen LogP contribution in [0.2, 0.25) is 0 Å². The van der Waals surface area contributed by atoms with Crippen molar-refractivity contribution < 1.29 is 4.79 Å². The number of carbonyl (C=O) groups is 1. The quantitative estimate of drug-likeness (QED) is 0.624. The van der Waals surface area contributed by atoms with E-state index in [1.54, 1.807) is 0 Å². The Kier molecular flexibility index (Phi) is 5.07. The lowest BCUT2D eigenvalue weighted by Gasteiger charge is -2.60. The molecule has 2 atom stereocenters. The maximum atomic E-state index is 13.2. The Morgan fingerprint density at radius 1 is 1.00 bits per heavy atom. The number of piperazine rings is 1. The van der Waals surface area contributed by atoms with E-state index in [1.165, 1.54) is 44.1 Å². The molecule has 1 aromatic rings. The number of hydrogen-bond acceptors (Lipinski definition) is 2. The van der Waals surface area contributed by atoms with E-state index in [0.717, 1.165) is 57.4 Å². The van der Waals surface area contributed by atoms with Crippen LogP contribution in [0.3, 0.4) is 0 Å². The van der Waals surface area contributed by atoms with Crippen molar-refractivity contribution in [2.45, 2.75) is 55.7 Å². The third-order valence-corrected chi connectivity index (χ3v) is 8.85. The standard InChI is InChI=1S/C24H33BrN2O/c25-24-15-20-12-21(16-24)14-23(13-20,18-24)17-22(28)27-10-8-26(9-11-27)7-6-19-4-2-1-3-5-19/h1-5,20-21H,6-18H2. The van der Waals surface area contributed by atoms with Crippen molar-refractivity contribution in [1.82, 2.24) is 9.80 Å². The molecule has 152 valence electrons. The summed E-state index contributed by atoms with van der Waals surface area (Å²) in [5.74, 6) is 2.16. The smallest absolute Gasteiger partial charge is 0.223 e. The van der Waals surface area contributed by atoms with Crippen molar-refractivity contribution in [1.29, 1.82) is 0 Å². The van der Waals surface area contributed by atoms with Gasteiger partial charge >= 0.3 is 0 Å². The molecule has 1 saturated heterocycles. The van der Waals surface area contributed by atoms with E-state index < -0.39 is 0 Å². The minimum absolute atomic E-state index is 0.301. The van der Waals surface area contributed by atoms with Gasteiger partial charge in [-0.1, -0.05) is 46.3 Å². The monoisotopic (exact) mass is 444 g/mol. The first-order chi connectivity index (χ1) is 13.5. The molecule has 4 aliphatic carbocycles. The molecule has 28 heavy (non-hydrogen) atoms. The van der Waals surface area contributed by atoms with Crippen molar-refractivity contribution in [2.75, 3.05) is 32.7 Å². The highest BCUT2D eigenvalue weighted by molar-refractivity contribution is 9.10. The highest BCUT2D eigenvalue weighted by Crippen LogP contribution is 2.65. The fraction of sp³-hybridized carbons (Fsp3) is 0.708. The van der Waals surface area contributed by atoms with Crippen LogP contribution in [0.15, 0.2) is 30.3 Å². The van der Waals surface area contributed by atoms with Crippen LogP contribution in [-0.4, -0.2) is 52.8 Å². The van der Waals surface area contributed by atoms with Gasteiger partial charge in [0.25, 0.3) is 0 Å². The summed E-state index contributed by atoms with van der Waals surface area (Å²) in [6.07, 6.45) is 9.86. The van der Waals surface area contributed by atoms with E-state index >= 15 is 0 Å². The van der Waals surface area contributed by atoms with Gasteiger partial charge in [-0.3, -0.25) is 9.69 Å². The average molecular weight is 445 g/mol. The van der Waals surface area contributed by atoms with Gasteiger partial charge in [0, 0.05) is 43.5 Å². The van der Waals surface area contributed by atoms with Crippen molar-refractivity contribution >= 4 is 21.8 Å². The third-order valence-electron chi connectivity index (χ3n) is 7.92. The van der Waals surface area contributed by atoms with Crippen LogP contribution in [-0.2, 0) is 11.2 Å². The second kappa shape index (κ2) is 7.43. The summed E-state index contributed by atoms with van der Waals surface area (Å²) >= 11 is 4.09. The van der Waals surface area contributed by atoms with Crippen LogP contribution >= 0.6 is 15.9 Å². The minimum Gasteiger partial charge on any atom is -0.340 e. The molecule has 3 nitrogen and oxygen atoms in total.